The zero-order chi connectivity index (χ0) is 18.5. The van der Waals surface area contributed by atoms with Gasteiger partial charge in [0.1, 0.15) is 12.5 Å². The van der Waals surface area contributed by atoms with Gasteiger partial charge in [-0.1, -0.05) is 26.8 Å². The summed E-state index contributed by atoms with van der Waals surface area (Å²) in [5, 5.41) is 5.90. The highest BCUT2D eigenvalue weighted by Gasteiger charge is 1.82. The number of allylic oxidation sites excluding steroid dienone is 4. The molecule has 0 saturated heterocycles. The maximum absolute atomic E-state index is 12.5. The number of nitrogens with one attached hydrogen (secondary N) is 2. The second-order valence-corrected chi connectivity index (χ2v) is 4.49. The highest BCUT2D eigenvalue weighted by atomic mass is 19.1. The molecule has 4 N–H and O–H groups in total. The van der Waals surface area contributed by atoms with E-state index in [4.69, 9.17) is 5.73 Å². The Bertz CT molecular complexity index is 364. The van der Waals surface area contributed by atoms with Gasteiger partial charge in [0, 0.05) is 6.04 Å². The number of nitrogens with zero attached hydrogens (tertiary/aromatic N) is 1. The van der Waals surface area contributed by atoms with Crippen molar-refractivity contribution in [3.05, 3.63) is 49.3 Å². The Morgan fingerprint density at radius 3 is 2.30 bits per heavy atom. The smallest absolute Gasteiger partial charge is 0.176 e. The Hall–Kier alpha value is -2.24. The lowest BCUT2D eigenvalue weighted by Gasteiger charge is -2.01. The Balaban J connectivity index is -0.000000414. The van der Waals surface area contributed by atoms with Gasteiger partial charge in [-0.25, -0.2) is 4.39 Å². The molecular formula is C17H33FN4O. The molecular weight excluding hydrogens is 295 g/mol. The standard InChI is InChI=1S/C11H18FN3.C3H7NO.C3H8/c1-4-11(12)6-5-7-13-8-14-9-15-10(2)3;1-3(4)5-2;1-3-2/h4-7,9-10,13H,1,8H2,2-3H3,(H,14,15);1,4H2,2H3;3H2,1-2H3/b7-5+,11-6+;;. The number of rotatable bonds is 8. The van der Waals surface area contributed by atoms with E-state index in [1.165, 1.54) is 19.6 Å². The summed E-state index contributed by atoms with van der Waals surface area (Å²) in [6.07, 6.45) is 8.54. The molecule has 0 saturated carbocycles. The Labute approximate surface area is 140 Å². The van der Waals surface area contributed by atoms with Gasteiger partial charge in [0.25, 0.3) is 0 Å². The van der Waals surface area contributed by atoms with Crippen LogP contribution in [0.3, 0.4) is 0 Å². The lowest BCUT2D eigenvalue weighted by Crippen LogP contribution is -2.21. The van der Waals surface area contributed by atoms with Crippen LogP contribution in [0.1, 0.15) is 34.1 Å². The molecule has 0 rings (SSSR count). The fraction of sp³-hybridized carbons (Fsp3) is 0.471. The van der Waals surface area contributed by atoms with E-state index in [0.29, 0.717) is 12.7 Å². The van der Waals surface area contributed by atoms with Crippen LogP contribution in [0, 0.1) is 0 Å². The normalized spacial score (nSPS) is 10.5. The maximum atomic E-state index is 12.5. The van der Waals surface area contributed by atoms with Gasteiger partial charge in [-0.15, -0.1) is 0 Å². The van der Waals surface area contributed by atoms with Gasteiger partial charge in [-0.05, 0) is 44.9 Å². The van der Waals surface area contributed by atoms with Crippen LogP contribution in [0.5, 0.6) is 0 Å². The summed E-state index contributed by atoms with van der Waals surface area (Å²) >= 11 is 0. The Kier molecular flexibility index (Phi) is 24.6. The number of aliphatic imine (C=N–C) groups is 1. The highest BCUT2D eigenvalue weighted by Crippen LogP contribution is 1.95. The summed E-state index contributed by atoms with van der Waals surface area (Å²) in [5.41, 5.74) is 4.88. The lowest BCUT2D eigenvalue weighted by molar-refractivity contribution is 0.289. The van der Waals surface area contributed by atoms with Crippen molar-refractivity contribution in [2.75, 3.05) is 13.8 Å². The van der Waals surface area contributed by atoms with Crippen molar-refractivity contribution >= 4 is 6.34 Å². The molecule has 0 aromatic rings. The number of halogens is 1. The minimum absolute atomic E-state index is 0.255. The third-order valence-corrected chi connectivity index (χ3v) is 1.61. The van der Waals surface area contributed by atoms with Crippen molar-refractivity contribution in [2.45, 2.75) is 40.2 Å². The van der Waals surface area contributed by atoms with Crippen molar-refractivity contribution in [2.24, 2.45) is 10.7 Å². The van der Waals surface area contributed by atoms with E-state index < -0.39 is 0 Å². The van der Waals surface area contributed by atoms with Crippen LogP contribution in [-0.2, 0) is 4.74 Å². The number of methoxy groups -OCH3 is 1. The molecule has 0 aliphatic rings. The van der Waals surface area contributed by atoms with E-state index in [2.05, 4.69) is 47.4 Å². The monoisotopic (exact) mass is 328 g/mol. The Morgan fingerprint density at radius 2 is 1.91 bits per heavy atom. The summed E-state index contributed by atoms with van der Waals surface area (Å²) < 4.78 is 16.8. The van der Waals surface area contributed by atoms with Crippen molar-refractivity contribution < 1.29 is 9.13 Å². The molecule has 0 bridgehead atoms. The van der Waals surface area contributed by atoms with Crippen LogP contribution in [-0.4, -0.2) is 26.2 Å². The average molecular weight is 328 g/mol. The lowest BCUT2D eigenvalue weighted by atomic mass is 10.4. The molecule has 0 aliphatic heterocycles. The summed E-state index contributed by atoms with van der Waals surface area (Å²) in [5.74, 6) is -0.108. The van der Waals surface area contributed by atoms with Gasteiger partial charge in [-0.2, -0.15) is 0 Å². The summed E-state index contributed by atoms with van der Waals surface area (Å²) in [4.78, 5) is 4.02. The SMILES string of the molecule is C=C(N)OC.C=C/C(F)=C\C=C\NC/N=C/NC(C)C.CCC. The number of hydrogen-bond acceptors (Lipinski definition) is 4. The second kappa shape index (κ2) is 22.0. The minimum atomic E-state index is -0.363. The highest BCUT2D eigenvalue weighted by molar-refractivity contribution is 5.54. The van der Waals surface area contributed by atoms with Gasteiger partial charge < -0.3 is 21.1 Å². The first-order valence-electron chi connectivity index (χ1n) is 7.46. The molecule has 0 heterocycles. The van der Waals surface area contributed by atoms with Crippen LogP contribution < -0.4 is 16.4 Å². The first kappa shape index (κ1) is 25.7. The van der Waals surface area contributed by atoms with E-state index in [-0.39, 0.29) is 11.7 Å². The van der Waals surface area contributed by atoms with E-state index >= 15 is 0 Å². The van der Waals surface area contributed by atoms with E-state index in [9.17, 15) is 4.39 Å². The van der Waals surface area contributed by atoms with Crippen LogP contribution in [0.4, 0.5) is 4.39 Å². The molecule has 23 heavy (non-hydrogen) atoms. The zero-order valence-corrected chi connectivity index (χ0v) is 15.1. The number of ether oxygens (including phenoxy) is 1. The molecule has 0 unspecified atom stereocenters. The largest absolute Gasteiger partial charge is 0.483 e. The molecule has 134 valence electrons. The third kappa shape index (κ3) is 38.3. The molecule has 0 amide bonds. The molecule has 0 aliphatic carbocycles. The minimum Gasteiger partial charge on any atom is -0.483 e. The topological polar surface area (TPSA) is 71.7 Å². The molecule has 0 spiro atoms. The van der Waals surface area contributed by atoms with Crippen LogP contribution in [0.2, 0.25) is 0 Å². The van der Waals surface area contributed by atoms with Crippen molar-refractivity contribution in [1.82, 2.24) is 10.6 Å². The molecule has 0 aromatic carbocycles. The van der Waals surface area contributed by atoms with E-state index in [0.717, 1.165) is 6.08 Å². The predicted molar refractivity (Wildman–Crippen MR) is 99.6 cm³/mol. The fourth-order valence-electron chi connectivity index (χ4n) is 0.629. The van der Waals surface area contributed by atoms with Crippen molar-refractivity contribution in [3.63, 3.8) is 0 Å². The van der Waals surface area contributed by atoms with E-state index in [1.54, 1.807) is 18.6 Å². The average Bonchev–Trinajstić information content (AvgIpc) is 2.50. The zero-order valence-electron chi connectivity index (χ0n) is 15.1. The molecule has 0 aromatic heterocycles. The number of nitrogens with two attached hydrogens (primary N) is 1. The van der Waals surface area contributed by atoms with Gasteiger partial charge >= 0.3 is 0 Å². The van der Waals surface area contributed by atoms with Crippen LogP contribution >= 0.6 is 0 Å². The molecule has 0 radical (unpaired) electrons. The molecule has 0 atom stereocenters. The van der Waals surface area contributed by atoms with Crippen LogP contribution in [0.25, 0.3) is 0 Å². The molecule has 5 nitrogen and oxygen atoms in total. The quantitative estimate of drug-likeness (QED) is 0.209. The fourth-order valence-corrected chi connectivity index (χ4v) is 0.629. The second-order valence-electron chi connectivity index (χ2n) is 4.49. The van der Waals surface area contributed by atoms with E-state index in [1.807, 2.05) is 13.8 Å². The molecule has 6 heteroatoms. The van der Waals surface area contributed by atoms with Crippen LogP contribution in [0.15, 0.2) is 54.3 Å². The Morgan fingerprint density at radius 1 is 1.39 bits per heavy atom. The summed E-state index contributed by atoms with van der Waals surface area (Å²) in [7, 11) is 1.47. The van der Waals surface area contributed by atoms with Gasteiger partial charge in [-0.3, -0.25) is 4.99 Å². The molecule has 0 fully saturated rings. The number of hydrogen-bond donors (Lipinski definition) is 3. The maximum Gasteiger partial charge on any atom is 0.176 e. The third-order valence-electron chi connectivity index (χ3n) is 1.61. The summed E-state index contributed by atoms with van der Waals surface area (Å²) in [6, 6.07) is 0.383. The van der Waals surface area contributed by atoms with Gasteiger partial charge in [0.05, 0.1) is 13.4 Å². The van der Waals surface area contributed by atoms with Gasteiger partial charge in [0.2, 0.25) is 0 Å². The van der Waals surface area contributed by atoms with Crippen molar-refractivity contribution in [1.29, 1.82) is 0 Å². The van der Waals surface area contributed by atoms with Crippen molar-refractivity contribution in [3.8, 4) is 0 Å². The summed E-state index contributed by atoms with van der Waals surface area (Å²) in [6.45, 7) is 15.3. The predicted octanol–water partition coefficient (Wildman–Crippen LogP) is 3.59. The van der Waals surface area contributed by atoms with Gasteiger partial charge in [0.15, 0.2) is 5.88 Å². The first-order valence-corrected chi connectivity index (χ1v) is 7.46. The first-order chi connectivity index (χ1) is 10.8.